The molecule has 1 saturated carbocycles. The van der Waals surface area contributed by atoms with Gasteiger partial charge in [-0.25, -0.2) is 0 Å². The molecule has 14 aromatic rings. The molecule has 1 aliphatic heterocycles. The number of aliphatic imine (C=N–C) groups is 1. The van der Waals surface area contributed by atoms with Crippen molar-refractivity contribution in [1.82, 2.24) is 9.88 Å². The van der Waals surface area contributed by atoms with E-state index in [1.54, 1.807) is 0 Å². The Labute approximate surface area is 407 Å². The molecule has 12 aromatic carbocycles. The predicted octanol–water partition coefficient (Wildman–Crippen LogP) is 17.5. The molecule has 1 N–H and O–H groups in total. The Balaban J connectivity index is 1.02. The van der Waals surface area contributed by atoms with Crippen LogP contribution in [-0.4, -0.2) is 10.3 Å². The monoisotopic (exact) mass is 909 g/mol. The summed E-state index contributed by atoms with van der Waals surface area (Å²) in [6, 6.07) is 82.0. The van der Waals surface area contributed by atoms with Crippen LogP contribution in [0.15, 0.2) is 223 Å². The Morgan fingerprint density at radius 1 is 0.443 bits per heavy atom. The average molecular weight is 910 g/mol. The number of hydrogen-bond acceptors (Lipinski definition) is 3. The Kier molecular flexibility index (Phi) is 8.00. The van der Waals surface area contributed by atoms with Gasteiger partial charge in [0.05, 0.1) is 16.7 Å². The van der Waals surface area contributed by atoms with E-state index < -0.39 is 0 Å². The lowest BCUT2D eigenvalue weighted by Crippen LogP contribution is -2.34. The van der Waals surface area contributed by atoms with Gasteiger partial charge in [-0.1, -0.05) is 176 Å². The van der Waals surface area contributed by atoms with E-state index in [9.17, 15) is 0 Å². The zero-order chi connectivity index (χ0) is 45.7. The Morgan fingerprint density at radius 2 is 1.06 bits per heavy atom. The quantitative estimate of drug-likeness (QED) is 0.175. The SMILES string of the molecule is c1ccc2cc3c(cc2c1)c1c2ccccc2ccc1n3-c1cc2c(cc1C1N=C(c3ccc4c(ccc5ccccc54)c3)C[C@@H]3CC3(c3cccc4ccccc34)N1)sc1ccc3ccccc3c12. The zero-order valence-electron chi connectivity index (χ0n) is 38.2. The van der Waals surface area contributed by atoms with Crippen LogP contribution in [0.3, 0.4) is 0 Å². The number of aromatic nitrogens is 1. The largest absolute Gasteiger partial charge is 0.309 e. The maximum absolute atomic E-state index is 6.05. The van der Waals surface area contributed by atoms with E-state index in [1.807, 2.05) is 11.3 Å². The summed E-state index contributed by atoms with van der Waals surface area (Å²) >= 11 is 1.90. The maximum atomic E-state index is 6.05. The van der Waals surface area contributed by atoms with E-state index in [0.717, 1.165) is 24.2 Å². The highest BCUT2D eigenvalue weighted by Gasteiger charge is 2.58. The fourth-order valence-electron chi connectivity index (χ4n) is 12.8. The van der Waals surface area contributed by atoms with Crippen LogP contribution in [0.2, 0.25) is 0 Å². The summed E-state index contributed by atoms with van der Waals surface area (Å²) in [5.41, 5.74) is 8.17. The first kappa shape index (κ1) is 38.8. The van der Waals surface area contributed by atoms with Gasteiger partial charge in [-0.3, -0.25) is 10.3 Å². The third kappa shape index (κ3) is 5.57. The van der Waals surface area contributed by atoms with Crippen LogP contribution in [0.5, 0.6) is 0 Å². The van der Waals surface area contributed by atoms with Crippen molar-refractivity contribution in [3.05, 3.63) is 235 Å². The normalized spacial score (nSPS) is 18.3. The topological polar surface area (TPSA) is 29.3 Å². The van der Waals surface area contributed by atoms with Crippen LogP contribution in [0.4, 0.5) is 0 Å². The molecule has 1 fully saturated rings. The molecular formula is C66H43N3S. The van der Waals surface area contributed by atoms with E-state index in [0.29, 0.717) is 5.92 Å². The number of thiophene rings is 1. The second-order valence-corrected chi connectivity index (χ2v) is 20.9. The first-order chi connectivity index (χ1) is 34.6. The fraction of sp³-hybridized carbons (Fsp3) is 0.0758. The minimum atomic E-state index is -0.372. The van der Waals surface area contributed by atoms with Gasteiger partial charge >= 0.3 is 0 Å². The Bertz CT molecular complexity index is 4610. The second kappa shape index (κ2) is 14.4. The highest BCUT2D eigenvalue weighted by Crippen LogP contribution is 2.59. The van der Waals surface area contributed by atoms with Gasteiger partial charge in [0.2, 0.25) is 0 Å². The Hall–Kier alpha value is -8.15. The molecule has 1 aliphatic carbocycles. The number of nitrogens with one attached hydrogen (secondary N) is 1. The van der Waals surface area contributed by atoms with Crippen LogP contribution in [-0.2, 0) is 5.54 Å². The maximum Gasteiger partial charge on any atom is 0.128 e. The number of nitrogens with zero attached hydrogens (tertiary/aromatic N) is 2. The molecule has 0 saturated heterocycles. The first-order valence-electron chi connectivity index (χ1n) is 24.6. The van der Waals surface area contributed by atoms with Crippen LogP contribution in [0.25, 0.3) is 112 Å². The van der Waals surface area contributed by atoms with Gasteiger partial charge in [0.15, 0.2) is 0 Å². The van der Waals surface area contributed by atoms with E-state index in [2.05, 4.69) is 228 Å². The summed E-state index contributed by atoms with van der Waals surface area (Å²) in [5.74, 6) is 0.364. The highest BCUT2D eigenvalue weighted by atomic mass is 32.1. The van der Waals surface area contributed by atoms with Crippen molar-refractivity contribution in [2.75, 3.05) is 0 Å². The van der Waals surface area contributed by atoms with E-state index in [1.165, 1.54) is 123 Å². The summed E-state index contributed by atoms with van der Waals surface area (Å²) < 4.78 is 5.16. The summed E-state index contributed by atoms with van der Waals surface area (Å²) in [4.78, 5) is 6.05. The van der Waals surface area contributed by atoms with E-state index in [-0.39, 0.29) is 11.7 Å². The van der Waals surface area contributed by atoms with Gasteiger partial charge in [0.25, 0.3) is 0 Å². The molecule has 3 nitrogen and oxygen atoms in total. The fourth-order valence-corrected chi connectivity index (χ4v) is 13.9. The van der Waals surface area contributed by atoms with E-state index in [4.69, 9.17) is 4.99 Å². The minimum absolute atomic E-state index is 0.278. The summed E-state index contributed by atoms with van der Waals surface area (Å²) in [7, 11) is 0. The molecule has 70 heavy (non-hydrogen) atoms. The summed E-state index contributed by atoms with van der Waals surface area (Å²) in [6.07, 6.45) is 1.55. The smallest absolute Gasteiger partial charge is 0.128 e. The molecule has 2 unspecified atom stereocenters. The lowest BCUT2D eigenvalue weighted by molar-refractivity contribution is 0.424. The van der Waals surface area contributed by atoms with Crippen LogP contribution >= 0.6 is 11.3 Å². The second-order valence-electron chi connectivity index (χ2n) is 19.9. The van der Waals surface area contributed by atoms with Crippen molar-refractivity contribution in [2.45, 2.75) is 24.5 Å². The molecular weight excluding hydrogens is 867 g/mol. The van der Waals surface area contributed by atoms with Gasteiger partial charge in [-0.15, -0.1) is 11.3 Å². The third-order valence-electron chi connectivity index (χ3n) is 16.1. The van der Waals surface area contributed by atoms with E-state index >= 15 is 0 Å². The molecule has 16 rings (SSSR count). The van der Waals surface area contributed by atoms with Gasteiger partial charge < -0.3 is 4.57 Å². The molecule has 0 amide bonds. The van der Waals surface area contributed by atoms with Crippen LogP contribution in [0.1, 0.15) is 35.7 Å². The van der Waals surface area contributed by atoms with Crippen molar-refractivity contribution in [3.8, 4) is 5.69 Å². The molecule has 3 atom stereocenters. The lowest BCUT2D eigenvalue weighted by Gasteiger charge is -2.27. The van der Waals surface area contributed by atoms with Crippen molar-refractivity contribution < 1.29 is 0 Å². The molecule has 0 bridgehead atoms. The summed E-state index contributed by atoms with van der Waals surface area (Å²) in [6.45, 7) is 0. The van der Waals surface area contributed by atoms with Crippen molar-refractivity contribution in [1.29, 1.82) is 0 Å². The van der Waals surface area contributed by atoms with Crippen molar-refractivity contribution in [3.63, 3.8) is 0 Å². The van der Waals surface area contributed by atoms with Crippen LogP contribution in [0, 0.1) is 5.92 Å². The number of hydrogen-bond donors (Lipinski definition) is 1. The van der Waals surface area contributed by atoms with Gasteiger partial charge in [-0.2, -0.15) is 0 Å². The summed E-state index contributed by atoms with van der Waals surface area (Å²) in [5, 5.41) is 24.8. The minimum Gasteiger partial charge on any atom is -0.309 e. The molecule has 328 valence electrons. The first-order valence-corrected chi connectivity index (χ1v) is 25.4. The standard InChI is InChI=1S/C66H43N3S/c1-2-17-44-34-59-53(33-43(44)16-1)63-51-21-9-5-14-41(51)27-30-58(63)69(59)60-36-55-62(70-61-31-28-42-15-6-10-22-52(42)64(55)61)37-54(60)65-67-57(46-26-29-49-45(32-46)25-24-40-13-3-7-19-48(40)49)35-47-38-66(47,68-65)56-23-11-18-39-12-4-8-20-50(39)56/h1-34,36-37,47,65,68H,35,38H2/t47-,65?,66?/m1/s1. The number of rotatable bonds is 4. The van der Waals surface area contributed by atoms with Gasteiger partial charge in [0.1, 0.15) is 6.17 Å². The number of benzene rings is 12. The zero-order valence-corrected chi connectivity index (χ0v) is 39.0. The molecule has 2 aliphatic rings. The molecule has 2 aromatic heterocycles. The van der Waals surface area contributed by atoms with Crippen molar-refractivity contribution in [2.24, 2.45) is 10.9 Å². The predicted molar refractivity (Wildman–Crippen MR) is 298 cm³/mol. The average Bonchev–Trinajstić information content (AvgIpc) is 3.88. The third-order valence-corrected chi connectivity index (χ3v) is 17.3. The molecule has 0 radical (unpaired) electrons. The highest BCUT2D eigenvalue weighted by molar-refractivity contribution is 7.26. The molecule has 4 heteroatoms. The lowest BCUT2D eigenvalue weighted by atomic mass is 9.92. The Morgan fingerprint density at radius 3 is 1.86 bits per heavy atom. The van der Waals surface area contributed by atoms with Crippen LogP contribution < -0.4 is 5.32 Å². The van der Waals surface area contributed by atoms with Gasteiger partial charge in [0, 0.05) is 47.8 Å². The number of fused-ring (bicyclic) bond motifs is 16. The van der Waals surface area contributed by atoms with Crippen molar-refractivity contribution >= 4 is 124 Å². The molecule has 3 heterocycles. The van der Waals surface area contributed by atoms with Gasteiger partial charge in [-0.05, 0) is 137 Å². The molecule has 0 spiro atoms.